The largest absolute Gasteiger partial charge is 0.354 e. The number of hydrogen-bond donors (Lipinski definition) is 1. The predicted octanol–water partition coefficient (Wildman–Crippen LogP) is 6.62. The average Bonchev–Trinajstić information content (AvgIpc) is 3.39. The Morgan fingerprint density at radius 3 is 2.21 bits per heavy atom. The Balaban J connectivity index is 1.53. The van der Waals surface area contributed by atoms with Gasteiger partial charge in [0, 0.05) is 28.6 Å². The summed E-state index contributed by atoms with van der Waals surface area (Å²) in [7, 11) is 0. The monoisotopic (exact) mass is 428 g/mol. The molecular weight excluding hydrogens is 404 g/mol. The Bertz CT molecular complexity index is 1440. The third-order valence-electron chi connectivity index (χ3n) is 6.62. The third-order valence-corrected chi connectivity index (χ3v) is 6.62. The van der Waals surface area contributed by atoms with Gasteiger partial charge in [0.25, 0.3) is 5.91 Å². The fraction of sp³-hybridized carbons (Fsp3) is 0.100. The molecule has 0 saturated heterocycles. The molecule has 3 nitrogen and oxygen atoms in total. The van der Waals surface area contributed by atoms with Gasteiger partial charge in [-0.2, -0.15) is 0 Å². The zero-order valence-electron chi connectivity index (χ0n) is 18.2. The van der Waals surface area contributed by atoms with Crippen molar-refractivity contribution in [1.29, 1.82) is 0 Å². The van der Waals surface area contributed by atoms with Crippen molar-refractivity contribution in [2.75, 3.05) is 6.54 Å². The Kier molecular flexibility index (Phi) is 4.80. The highest BCUT2D eigenvalue weighted by molar-refractivity contribution is 6.02. The lowest BCUT2D eigenvalue weighted by atomic mass is 9.93. The number of fused-ring (bicyclic) bond motifs is 2. The van der Waals surface area contributed by atoms with Crippen molar-refractivity contribution in [3.05, 3.63) is 131 Å². The molecule has 1 aliphatic heterocycles. The molecule has 1 aromatic heterocycles. The molecule has 1 aliphatic rings. The molecule has 3 heteroatoms. The zero-order chi connectivity index (χ0) is 22.2. The molecule has 0 aliphatic carbocycles. The Morgan fingerprint density at radius 1 is 0.727 bits per heavy atom. The molecule has 1 N–H and O–H groups in total. The smallest absolute Gasteiger partial charge is 0.255 e. The second-order valence-corrected chi connectivity index (χ2v) is 8.55. The van der Waals surface area contributed by atoms with Crippen LogP contribution in [0.15, 0.2) is 109 Å². The van der Waals surface area contributed by atoms with Crippen LogP contribution in [0.25, 0.3) is 22.2 Å². The van der Waals surface area contributed by atoms with E-state index < -0.39 is 0 Å². The van der Waals surface area contributed by atoms with Gasteiger partial charge < -0.3 is 9.88 Å². The van der Waals surface area contributed by atoms with E-state index in [9.17, 15) is 4.79 Å². The van der Waals surface area contributed by atoms with Gasteiger partial charge in [-0.05, 0) is 35.2 Å². The fourth-order valence-corrected chi connectivity index (χ4v) is 5.09. The Hall–Kier alpha value is -4.11. The summed E-state index contributed by atoms with van der Waals surface area (Å²) < 4.78 is 0. The van der Waals surface area contributed by atoms with E-state index in [0.29, 0.717) is 6.54 Å². The van der Waals surface area contributed by atoms with E-state index in [4.69, 9.17) is 0 Å². The van der Waals surface area contributed by atoms with Gasteiger partial charge in [0.1, 0.15) is 0 Å². The topological polar surface area (TPSA) is 36.1 Å². The van der Waals surface area contributed by atoms with Crippen LogP contribution in [0.1, 0.15) is 33.1 Å². The van der Waals surface area contributed by atoms with Crippen LogP contribution in [0.4, 0.5) is 0 Å². The van der Waals surface area contributed by atoms with Crippen molar-refractivity contribution in [1.82, 2.24) is 9.88 Å². The summed E-state index contributed by atoms with van der Waals surface area (Å²) in [6.07, 6.45) is 0.820. The summed E-state index contributed by atoms with van der Waals surface area (Å²) in [6, 6.07) is 37.2. The van der Waals surface area contributed by atoms with Crippen LogP contribution in [0.2, 0.25) is 0 Å². The van der Waals surface area contributed by atoms with Gasteiger partial charge in [0.15, 0.2) is 0 Å². The minimum Gasteiger partial charge on any atom is -0.354 e. The van der Waals surface area contributed by atoms with Gasteiger partial charge in [-0.3, -0.25) is 4.79 Å². The third kappa shape index (κ3) is 3.33. The number of carbonyl (C=O) groups excluding carboxylic acids is 1. The van der Waals surface area contributed by atoms with Crippen molar-refractivity contribution < 1.29 is 4.79 Å². The lowest BCUT2D eigenvalue weighted by Gasteiger charge is -2.27. The predicted molar refractivity (Wildman–Crippen MR) is 133 cm³/mol. The van der Waals surface area contributed by atoms with Gasteiger partial charge >= 0.3 is 0 Å². The van der Waals surface area contributed by atoms with Crippen molar-refractivity contribution in [3.8, 4) is 11.3 Å². The molecule has 0 unspecified atom stereocenters. The van der Waals surface area contributed by atoms with Crippen molar-refractivity contribution in [2.24, 2.45) is 0 Å². The molecular formula is C30H24N2O. The normalized spacial score (nSPS) is 15.2. The number of H-pyrrole nitrogens is 1. The lowest BCUT2D eigenvalue weighted by Crippen LogP contribution is -2.31. The Labute approximate surface area is 193 Å². The maximum Gasteiger partial charge on any atom is 0.255 e. The molecule has 1 atom stereocenters. The molecule has 0 fully saturated rings. The van der Waals surface area contributed by atoms with Crippen LogP contribution in [-0.4, -0.2) is 22.3 Å². The Morgan fingerprint density at radius 2 is 1.39 bits per heavy atom. The molecule has 1 amide bonds. The first-order valence-electron chi connectivity index (χ1n) is 11.4. The zero-order valence-corrected chi connectivity index (χ0v) is 18.2. The van der Waals surface area contributed by atoms with Crippen molar-refractivity contribution >= 4 is 16.8 Å². The second kappa shape index (κ2) is 8.10. The quantitative estimate of drug-likeness (QED) is 0.335. The summed E-state index contributed by atoms with van der Waals surface area (Å²) in [5.74, 6) is 0.107. The molecule has 6 rings (SSSR count). The van der Waals surface area contributed by atoms with Gasteiger partial charge in [-0.1, -0.05) is 97.1 Å². The number of aromatic nitrogens is 1. The molecule has 5 aromatic rings. The van der Waals surface area contributed by atoms with Crippen LogP contribution >= 0.6 is 0 Å². The van der Waals surface area contributed by atoms with E-state index in [-0.39, 0.29) is 11.9 Å². The molecule has 0 bridgehead atoms. The first kappa shape index (κ1) is 19.6. The van der Waals surface area contributed by atoms with Gasteiger partial charge in [-0.25, -0.2) is 0 Å². The standard InChI is InChI=1S/C30H24N2O/c33-30-24-16-8-7-15-23(24)29(32(30)20-19-21-11-3-1-4-12-21)27-25-17-9-10-18-26(25)31-28(27)22-13-5-2-6-14-22/h1-18,29,31H,19-20H2/t29-/m1/s1. The first-order chi connectivity index (χ1) is 16.3. The number of amides is 1. The number of aromatic amines is 1. The summed E-state index contributed by atoms with van der Waals surface area (Å²) >= 11 is 0. The average molecular weight is 429 g/mol. The number of para-hydroxylation sites is 1. The number of carbonyl (C=O) groups is 1. The van der Waals surface area contributed by atoms with Crippen molar-refractivity contribution in [3.63, 3.8) is 0 Å². The fourth-order valence-electron chi connectivity index (χ4n) is 5.09. The highest BCUT2D eigenvalue weighted by atomic mass is 16.2. The van der Waals surface area contributed by atoms with Crippen LogP contribution < -0.4 is 0 Å². The molecule has 4 aromatic carbocycles. The number of nitrogens with one attached hydrogen (secondary N) is 1. The SMILES string of the molecule is O=C1c2ccccc2[C@H](c2c(-c3ccccc3)[nH]c3ccccc23)N1CCc1ccccc1. The number of rotatable bonds is 5. The lowest BCUT2D eigenvalue weighted by molar-refractivity contribution is 0.0753. The van der Waals surface area contributed by atoms with Crippen molar-refractivity contribution in [2.45, 2.75) is 12.5 Å². The molecule has 33 heavy (non-hydrogen) atoms. The van der Waals surface area contributed by atoms with Crippen LogP contribution in [0.5, 0.6) is 0 Å². The van der Waals surface area contributed by atoms with E-state index in [0.717, 1.165) is 39.7 Å². The highest BCUT2D eigenvalue weighted by Gasteiger charge is 2.39. The van der Waals surface area contributed by atoms with Gasteiger partial charge in [-0.15, -0.1) is 0 Å². The number of benzene rings is 4. The number of nitrogens with zero attached hydrogens (tertiary/aromatic N) is 1. The second-order valence-electron chi connectivity index (χ2n) is 8.55. The van der Waals surface area contributed by atoms with Crippen LogP contribution in [-0.2, 0) is 6.42 Å². The minimum atomic E-state index is -0.135. The number of hydrogen-bond acceptors (Lipinski definition) is 1. The maximum absolute atomic E-state index is 13.6. The minimum absolute atomic E-state index is 0.107. The van der Waals surface area contributed by atoms with E-state index in [1.807, 2.05) is 30.3 Å². The van der Waals surface area contributed by atoms with E-state index in [1.165, 1.54) is 11.1 Å². The molecule has 0 spiro atoms. The summed E-state index contributed by atoms with van der Waals surface area (Å²) in [5.41, 5.74) is 7.59. The molecule has 2 heterocycles. The summed E-state index contributed by atoms with van der Waals surface area (Å²) in [5, 5.41) is 1.16. The molecule has 160 valence electrons. The van der Waals surface area contributed by atoms with E-state index in [2.05, 4.69) is 88.7 Å². The van der Waals surface area contributed by atoms with Crippen LogP contribution in [0, 0.1) is 0 Å². The molecule has 0 saturated carbocycles. The highest BCUT2D eigenvalue weighted by Crippen LogP contribution is 2.45. The summed E-state index contributed by atoms with van der Waals surface area (Å²) in [4.78, 5) is 19.3. The van der Waals surface area contributed by atoms with E-state index >= 15 is 0 Å². The van der Waals surface area contributed by atoms with E-state index in [1.54, 1.807) is 0 Å². The first-order valence-corrected chi connectivity index (χ1v) is 11.4. The van der Waals surface area contributed by atoms with Gasteiger partial charge in [0.2, 0.25) is 0 Å². The van der Waals surface area contributed by atoms with Crippen LogP contribution in [0.3, 0.4) is 0 Å². The maximum atomic E-state index is 13.6. The van der Waals surface area contributed by atoms with Gasteiger partial charge in [0.05, 0.1) is 11.7 Å². The molecule has 0 radical (unpaired) electrons. The summed E-state index contributed by atoms with van der Waals surface area (Å²) in [6.45, 7) is 0.663.